The number of rotatable bonds is 4. The molecule has 0 bridgehead atoms. The highest BCUT2D eigenvalue weighted by atomic mass is 32.2. The standard InChI is InChI=1S/C11H8F2N2O2S/c1-6-14-15-11(17-6)18-5-10(16)8-3-2-7(12)4-9(8)13/h2-4H,5H2,1H3. The molecule has 4 nitrogen and oxygen atoms in total. The second-order valence-electron chi connectivity index (χ2n) is 3.42. The number of hydrogen-bond acceptors (Lipinski definition) is 5. The number of aryl methyl sites for hydroxylation is 1. The monoisotopic (exact) mass is 270 g/mol. The quantitative estimate of drug-likeness (QED) is 0.631. The molecule has 0 aliphatic rings. The largest absolute Gasteiger partial charge is 0.416 e. The van der Waals surface area contributed by atoms with E-state index in [2.05, 4.69) is 10.2 Å². The van der Waals surface area contributed by atoms with Crippen LogP contribution in [0.25, 0.3) is 0 Å². The van der Waals surface area contributed by atoms with Crippen LogP contribution in [0.15, 0.2) is 27.8 Å². The summed E-state index contributed by atoms with van der Waals surface area (Å²) in [5.74, 6) is -1.72. The zero-order valence-corrected chi connectivity index (χ0v) is 10.1. The molecule has 18 heavy (non-hydrogen) atoms. The Kier molecular flexibility index (Phi) is 3.71. The lowest BCUT2D eigenvalue weighted by Gasteiger charge is -2.00. The number of halogens is 2. The fourth-order valence-corrected chi connectivity index (χ4v) is 1.95. The highest BCUT2D eigenvalue weighted by Gasteiger charge is 2.14. The summed E-state index contributed by atoms with van der Waals surface area (Å²) in [5, 5.41) is 7.52. The van der Waals surface area contributed by atoms with Crippen molar-refractivity contribution >= 4 is 17.5 Å². The second-order valence-corrected chi connectivity index (χ2v) is 4.35. The van der Waals surface area contributed by atoms with Crippen molar-refractivity contribution in [2.75, 3.05) is 5.75 Å². The van der Waals surface area contributed by atoms with Crippen LogP contribution in [0, 0.1) is 18.6 Å². The Labute approximate surface area is 105 Å². The molecule has 7 heteroatoms. The molecule has 0 amide bonds. The average molecular weight is 270 g/mol. The Morgan fingerprint density at radius 2 is 2.17 bits per heavy atom. The van der Waals surface area contributed by atoms with E-state index in [9.17, 15) is 13.6 Å². The lowest BCUT2D eigenvalue weighted by atomic mass is 10.1. The Hall–Kier alpha value is -1.76. The Morgan fingerprint density at radius 1 is 1.39 bits per heavy atom. The molecule has 1 aromatic heterocycles. The predicted molar refractivity (Wildman–Crippen MR) is 60.4 cm³/mol. The first-order valence-corrected chi connectivity index (χ1v) is 5.96. The van der Waals surface area contributed by atoms with Crippen LogP contribution in [-0.2, 0) is 0 Å². The van der Waals surface area contributed by atoms with Crippen molar-refractivity contribution in [2.24, 2.45) is 0 Å². The highest BCUT2D eigenvalue weighted by molar-refractivity contribution is 7.99. The third kappa shape index (κ3) is 2.92. The maximum absolute atomic E-state index is 13.3. The summed E-state index contributed by atoms with van der Waals surface area (Å²) in [6.45, 7) is 1.62. The molecular weight excluding hydrogens is 262 g/mol. The molecule has 0 saturated carbocycles. The fraction of sp³-hybridized carbons (Fsp3) is 0.182. The van der Waals surface area contributed by atoms with Crippen molar-refractivity contribution in [3.8, 4) is 0 Å². The Bertz CT molecular complexity index is 586. The summed E-state index contributed by atoms with van der Waals surface area (Å²) in [7, 11) is 0. The van der Waals surface area contributed by atoms with Gasteiger partial charge in [0, 0.05) is 13.0 Å². The van der Waals surface area contributed by atoms with Gasteiger partial charge in [0.2, 0.25) is 5.89 Å². The topological polar surface area (TPSA) is 56.0 Å². The zero-order chi connectivity index (χ0) is 13.1. The summed E-state index contributed by atoms with van der Waals surface area (Å²) >= 11 is 1.01. The third-order valence-electron chi connectivity index (χ3n) is 2.07. The minimum Gasteiger partial charge on any atom is -0.416 e. The second kappa shape index (κ2) is 5.26. The molecule has 1 heterocycles. The van der Waals surface area contributed by atoms with Gasteiger partial charge in [0.1, 0.15) is 11.6 Å². The number of aromatic nitrogens is 2. The molecular formula is C11H8F2N2O2S. The molecule has 0 atom stereocenters. The van der Waals surface area contributed by atoms with Crippen LogP contribution in [-0.4, -0.2) is 21.7 Å². The van der Waals surface area contributed by atoms with E-state index in [1.165, 1.54) is 0 Å². The maximum Gasteiger partial charge on any atom is 0.277 e. The summed E-state index contributed by atoms with van der Waals surface area (Å²) in [6.07, 6.45) is 0. The van der Waals surface area contributed by atoms with E-state index in [1.54, 1.807) is 6.92 Å². The van der Waals surface area contributed by atoms with Gasteiger partial charge in [0.15, 0.2) is 5.78 Å². The van der Waals surface area contributed by atoms with Crippen molar-refractivity contribution in [3.63, 3.8) is 0 Å². The first-order chi connectivity index (χ1) is 8.56. The molecule has 0 aliphatic heterocycles. The molecule has 0 saturated heterocycles. The van der Waals surface area contributed by atoms with Crippen LogP contribution in [0.4, 0.5) is 8.78 Å². The van der Waals surface area contributed by atoms with Gasteiger partial charge in [0.05, 0.1) is 11.3 Å². The van der Waals surface area contributed by atoms with Crippen LogP contribution in [0.2, 0.25) is 0 Å². The minimum absolute atomic E-state index is 0.0514. The molecule has 0 N–H and O–H groups in total. The van der Waals surface area contributed by atoms with Gasteiger partial charge in [0.25, 0.3) is 5.22 Å². The van der Waals surface area contributed by atoms with Crippen LogP contribution >= 0.6 is 11.8 Å². The van der Waals surface area contributed by atoms with E-state index in [-0.39, 0.29) is 16.5 Å². The van der Waals surface area contributed by atoms with Crippen molar-refractivity contribution in [1.29, 1.82) is 0 Å². The molecule has 2 aromatic rings. The van der Waals surface area contributed by atoms with Crippen LogP contribution in [0.5, 0.6) is 0 Å². The van der Waals surface area contributed by atoms with Crippen molar-refractivity contribution in [2.45, 2.75) is 12.1 Å². The Morgan fingerprint density at radius 3 is 2.78 bits per heavy atom. The van der Waals surface area contributed by atoms with Crippen LogP contribution in [0.1, 0.15) is 16.2 Å². The normalized spacial score (nSPS) is 10.6. The van der Waals surface area contributed by atoms with E-state index in [0.717, 1.165) is 23.9 Å². The van der Waals surface area contributed by atoms with E-state index >= 15 is 0 Å². The first kappa shape index (κ1) is 12.7. The fourth-order valence-electron chi connectivity index (χ4n) is 1.26. The van der Waals surface area contributed by atoms with E-state index in [0.29, 0.717) is 12.0 Å². The predicted octanol–water partition coefficient (Wildman–Crippen LogP) is 2.63. The molecule has 0 aliphatic carbocycles. The lowest BCUT2D eigenvalue weighted by Crippen LogP contribution is -2.05. The summed E-state index contributed by atoms with van der Waals surface area (Å²) in [5.41, 5.74) is -0.153. The maximum atomic E-state index is 13.3. The van der Waals surface area contributed by atoms with E-state index < -0.39 is 17.4 Å². The number of benzene rings is 1. The van der Waals surface area contributed by atoms with Crippen molar-refractivity contribution < 1.29 is 18.0 Å². The van der Waals surface area contributed by atoms with Gasteiger partial charge in [-0.2, -0.15) is 0 Å². The summed E-state index contributed by atoms with van der Waals surface area (Å²) in [4.78, 5) is 11.7. The molecule has 0 spiro atoms. The number of ketones is 1. The number of carbonyl (C=O) groups excluding carboxylic acids is 1. The summed E-state index contributed by atoms with van der Waals surface area (Å²) in [6, 6.07) is 2.83. The van der Waals surface area contributed by atoms with Gasteiger partial charge in [-0.15, -0.1) is 10.2 Å². The highest BCUT2D eigenvalue weighted by Crippen LogP contribution is 2.19. The Balaban J connectivity index is 2.03. The van der Waals surface area contributed by atoms with Crippen LogP contribution < -0.4 is 0 Å². The molecule has 94 valence electrons. The lowest BCUT2D eigenvalue weighted by molar-refractivity contribution is 0.101. The van der Waals surface area contributed by atoms with Crippen molar-refractivity contribution in [1.82, 2.24) is 10.2 Å². The van der Waals surface area contributed by atoms with Gasteiger partial charge in [-0.05, 0) is 12.1 Å². The average Bonchev–Trinajstić information content (AvgIpc) is 2.72. The molecule has 1 aromatic carbocycles. The molecule has 2 rings (SSSR count). The van der Waals surface area contributed by atoms with E-state index in [1.807, 2.05) is 0 Å². The molecule has 0 radical (unpaired) electrons. The van der Waals surface area contributed by atoms with E-state index in [4.69, 9.17) is 4.42 Å². The minimum atomic E-state index is -0.873. The number of carbonyl (C=O) groups is 1. The van der Waals surface area contributed by atoms with Crippen molar-refractivity contribution in [3.05, 3.63) is 41.3 Å². The zero-order valence-electron chi connectivity index (χ0n) is 9.31. The SMILES string of the molecule is Cc1nnc(SCC(=O)c2ccc(F)cc2F)o1. The van der Waals surface area contributed by atoms with Gasteiger partial charge in [-0.1, -0.05) is 11.8 Å². The number of nitrogens with zero attached hydrogens (tertiary/aromatic N) is 2. The van der Waals surface area contributed by atoms with Gasteiger partial charge in [-0.3, -0.25) is 4.79 Å². The number of thioether (sulfide) groups is 1. The third-order valence-corrected chi connectivity index (χ3v) is 2.88. The van der Waals surface area contributed by atoms with Gasteiger partial charge < -0.3 is 4.42 Å². The number of hydrogen-bond donors (Lipinski definition) is 0. The number of Topliss-reactive ketones (excluding diaryl/α,β-unsaturated/α-hetero) is 1. The smallest absolute Gasteiger partial charge is 0.277 e. The van der Waals surface area contributed by atoms with Gasteiger partial charge in [-0.25, -0.2) is 8.78 Å². The first-order valence-electron chi connectivity index (χ1n) is 4.97. The summed E-state index contributed by atoms with van der Waals surface area (Å²) < 4.78 is 31.0. The van der Waals surface area contributed by atoms with Gasteiger partial charge >= 0.3 is 0 Å². The van der Waals surface area contributed by atoms with Crippen LogP contribution in [0.3, 0.4) is 0 Å². The molecule has 0 fully saturated rings. The molecule has 0 unspecified atom stereocenters.